The van der Waals surface area contributed by atoms with Gasteiger partial charge in [0.05, 0.1) is 0 Å². The van der Waals surface area contributed by atoms with Crippen LogP contribution in [-0.2, 0) is 4.79 Å². The Bertz CT molecular complexity index is 800. The maximum atomic E-state index is 12.6. The van der Waals surface area contributed by atoms with Gasteiger partial charge in [-0.05, 0) is 43.0 Å². The Kier molecular flexibility index (Phi) is 8.45. The number of benzene rings is 2. The molecule has 0 aromatic heterocycles. The van der Waals surface area contributed by atoms with Crippen LogP contribution < -0.4 is 10.6 Å². The van der Waals surface area contributed by atoms with E-state index in [0.717, 1.165) is 30.2 Å². The Hall–Kier alpha value is -1.76. The molecule has 0 amide bonds. The minimum absolute atomic E-state index is 0.219. The number of hydrogen-bond donors (Lipinski definition) is 0. The highest BCUT2D eigenvalue weighted by atomic mass is 79.9. The van der Waals surface area contributed by atoms with E-state index in [1.54, 1.807) is 0 Å². The molecule has 0 heterocycles. The van der Waals surface area contributed by atoms with Crippen LogP contribution in [0.25, 0.3) is 0 Å². The summed E-state index contributed by atoms with van der Waals surface area (Å²) in [5.74, 6) is 0.241. The van der Waals surface area contributed by atoms with Gasteiger partial charge in [-0.25, -0.2) is 0 Å². The van der Waals surface area contributed by atoms with Crippen LogP contribution in [0.1, 0.15) is 25.7 Å². The molecule has 0 N–H and O–H groups in total. The van der Waals surface area contributed by atoms with Gasteiger partial charge in [-0.3, -0.25) is 4.79 Å². The average molecular weight is 453 g/mol. The van der Waals surface area contributed by atoms with Crippen LogP contribution in [0, 0.1) is 0 Å². The molecule has 1 unspecified atom stereocenters. The molecule has 0 saturated heterocycles. The van der Waals surface area contributed by atoms with Crippen molar-refractivity contribution in [3.05, 3.63) is 96.6 Å². The maximum absolute atomic E-state index is 12.6. The zero-order valence-corrected chi connectivity index (χ0v) is 18.5. The van der Waals surface area contributed by atoms with Crippen LogP contribution in [0.3, 0.4) is 0 Å². The van der Waals surface area contributed by atoms with Gasteiger partial charge in [-0.1, -0.05) is 107 Å². The van der Waals surface area contributed by atoms with Crippen LogP contribution in [0.4, 0.5) is 0 Å². The van der Waals surface area contributed by atoms with Crippen LogP contribution in [-0.4, -0.2) is 16.8 Å². The minimum Gasteiger partial charge on any atom is -0.295 e. The third-order valence-electron chi connectivity index (χ3n) is 4.77. The largest absolute Gasteiger partial charge is 0.295 e. The summed E-state index contributed by atoms with van der Waals surface area (Å²) in [7, 11) is -0.622. The molecule has 0 radical (unpaired) electrons. The molecule has 0 spiro atoms. The van der Waals surface area contributed by atoms with Crippen LogP contribution in [0.15, 0.2) is 96.6 Å². The number of carbonyl (C=O) groups excluding carboxylic acids is 1. The summed E-state index contributed by atoms with van der Waals surface area (Å²) in [6, 6.07) is 21.4. The van der Waals surface area contributed by atoms with Gasteiger partial charge in [-0.2, -0.15) is 0 Å². The van der Waals surface area contributed by atoms with E-state index in [2.05, 4.69) is 94.8 Å². The van der Waals surface area contributed by atoms with E-state index in [9.17, 15) is 4.79 Å². The van der Waals surface area contributed by atoms with Crippen molar-refractivity contribution in [3.8, 4) is 0 Å². The summed E-state index contributed by atoms with van der Waals surface area (Å²) >= 11 is 3.45. The number of ketones is 1. The van der Waals surface area contributed by atoms with Crippen molar-refractivity contribution in [3.63, 3.8) is 0 Å². The van der Waals surface area contributed by atoms with Crippen LogP contribution in [0.5, 0.6) is 0 Å². The predicted molar refractivity (Wildman–Crippen MR) is 126 cm³/mol. The SMILES string of the molecule is O=C(C=C1C=CC=CC1P(c1ccccc1)c1ccccc1)CCCCCBr. The number of allylic oxidation sites excluding steroid dienone is 6. The smallest absolute Gasteiger partial charge is 0.155 e. The van der Waals surface area contributed by atoms with Gasteiger partial charge in [0.2, 0.25) is 0 Å². The van der Waals surface area contributed by atoms with Crippen molar-refractivity contribution in [1.29, 1.82) is 0 Å². The number of alkyl halides is 1. The van der Waals surface area contributed by atoms with Crippen molar-refractivity contribution < 1.29 is 4.79 Å². The molecule has 1 aliphatic carbocycles. The number of hydrogen-bond acceptors (Lipinski definition) is 1. The first kappa shape index (κ1) is 21.0. The Balaban J connectivity index is 1.87. The fourth-order valence-electron chi connectivity index (χ4n) is 3.39. The van der Waals surface area contributed by atoms with Gasteiger partial charge in [-0.15, -0.1) is 0 Å². The highest BCUT2D eigenvalue weighted by Crippen LogP contribution is 2.45. The number of unbranched alkanes of at least 4 members (excludes halogenated alkanes) is 2. The van der Waals surface area contributed by atoms with Gasteiger partial charge in [0, 0.05) is 17.4 Å². The van der Waals surface area contributed by atoms with E-state index in [0.29, 0.717) is 6.42 Å². The summed E-state index contributed by atoms with van der Waals surface area (Å²) in [4.78, 5) is 12.6. The quantitative estimate of drug-likeness (QED) is 0.195. The van der Waals surface area contributed by atoms with E-state index in [4.69, 9.17) is 0 Å². The summed E-state index contributed by atoms with van der Waals surface area (Å²) in [6.07, 6.45) is 14.2. The number of halogens is 1. The molecular weight excluding hydrogens is 427 g/mol. The molecule has 1 atom stereocenters. The second-order valence-corrected chi connectivity index (χ2v) is 9.96. The highest BCUT2D eigenvalue weighted by molar-refractivity contribution is 9.09. The Labute approximate surface area is 178 Å². The second-order valence-electron chi connectivity index (χ2n) is 6.84. The zero-order valence-electron chi connectivity index (χ0n) is 16.0. The molecule has 3 rings (SSSR count). The zero-order chi connectivity index (χ0) is 19.6. The molecule has 144 valence electrons. The average Bonchev–Trinajstić information content (AvgIpc) is 2.74. The molecule has 1 nitrogen and oxygen atoms in total. The lowest BCUT2D eigenvalue weighted by molar-refractivity contribution is -0.114. The lowest BCUT2D eigenvalue weighted by Gasteiger charge is -2.28. The molecule has 0 aliphatic heterocycles. The fraction of sp³-hybridized carbons (Fsp3) is 0.240. The summed E-state index contributed by atoms with van der Waals surface area (Å²) in [5.41, 5.74) is 1.35. The number of rotatable bonds is 9. The maximum Gasteiger partial charge on any atom is 0.155 e. The molecular formula is C25H26BrOP. The molecule has 1 aliphatic rings. The Morgan fingerprint density at radius 1 is 0.893 bits per heavy atom. The van der Waals surface area contributed by atoms with Gasteiger partial charge >= 0.3 is 0 Å². The van der Waals surface area contributed by atoms with E-state index >= 15 is 0 Å². The van der Waals surface area contributed by atoms with Crippen LogP contribution >= 0.6 is 23.9 Å². The third kappa shape index (κ3) is 5.87. The molecule has 0 fully saturated rings. The standard InChI is InChI=1S/C25H26BrOP/c26-19-11-3-4-13-22(27)20-21-12-9-10-18-25(21)28(23-14-5-1-6-15-23)24-16-7-2-8-17-24/h1-2,5-10,12,14-18,20,25H,3-4,11,13,19H2. The lowest BCUT2D eigenvalue weighted by Crippen LogP contribution is -2.22. The Morgan fingerprint density at radius 2 is 1.54 bits per heavy atom. The first-order valence-electron chi connectivity index (χ1n) is 9.84. The van der Waals surface area contributed by atoms with Crippen LogP contribution in [0.2, 0.25) is 0 Å². The summed E-state index contributed by atoms with van der Waals surface area (Å²) in [6.45, 7) is 0. The molecule has 2 aromatic rings. The van der Waals surface area contributed by atoms with E-state index in [1.165, 1.54) is 10.6 Å². The molecule has 28 heavy (non-hydrogen) atoms. The first-order valence-corrected chi connectivity index (χ1v) is 12.4. The topological polar surface area (TPSA) is 17.1 Å². The molecule has 0 bridgehead atoms. The van der Waals surface area contributed by atoms with Crippen molar-refractivity contribution in [1.82, 2.24) is 0 Å². The van der Waals surface area contributed by atoms with Gasteiger partial charge < -0.3 is 0 Å². The fourth-order valence-corrected chi connectivity index (χ4v) is 6.44. The van der Waals surface area contributed by atoms with Crippen molar-refractivity contribution in [2.24, 2.45) is 0 Å². The van der Waals surface area contributed by atoms with E-state index in [1.807, 2.05) is 12.2 Å². The van der Waals surface area contributed by atoms with Crippen molar-refractivity contribution in [2.45, 2.75) is 31.3 Å². The summed E-state index contributed by atoms with van der Waals surface area (Å²) in [5, 5.41) is 3.68. The first-order chi connectivity index (χ1) is 13.8. The van der Waals surface area contributed by atoms with Gasteiger partial charge in [0.1, 0.15) is 0 Å². The van der Waals surface area contributed by atoms with Crippen molar-refractivity contribution >= 4 is 40.2 Å². The van der Waals surface area contributed by atoms with E-state index in [-0.39, 0.29) is 11.4 Å². The predicted octanol–water partition coefficient (Wildman–Crippen LogP) is 6.06. The van der Waals surface area contributed by atoms with E-state index < -0.39 is 7.92 Å². The molecule has 0 saturated carbocycles. The van der Waals surface area contributed by atoms with Gasteiger partial charge in [0.25, 0.3) is 0 Å². The van der Waals surface area contributed by atoms with Crippen molar-refractivity contribution in [2.75, 3.05) is 5.33 Å². The minimum atomic E-state index is -0.622. The molecule has 3 heteroatoms. The normalized spacial score (nSPS) is 17.4. The second kappa shape index (κ2) is 11.3. The number of carbonyl (C=O) groups is 1. The lowest BCUT2D eigenvalue weighted by atomic mass is 10.0. The van der Waals surface area contributed by atoms with Gasteiger partial charge in [0.15, 0.2) is 5.78 Å². The highest BCUT2D eigenvalue weighted by Gasteiger charge is 2.26. The third-order valence-corrected chi connectivity index (χ3v) is 8.06. The summed E-state index contributed by atoms with van der Waals surface area (Å²) < 4.78 is 0. The molecule has 2 aromatic carbocycles. The monoisotopic (exact) mass is 452 g/mol. The Morgan fingerprint density at radius 3 is 2.14 bits per heavy atom.